The number of aryl methyl sites for hydroxylation is 1. The Morgan fingerprint density at radius 1 is 1.56 bits per heavy atom. The monoisotopic (exact) mass is 242 g/mol. The number of hydrogen-bond acceptors (Lipinski definition) is 5. The molecule has 16 heavy (non-hydrogen) atoms. The molecule has 3 N–H and O–H groups in total. The molecule has 86 valence electrons. The number of halogens is 1. The van der Waals surface area contributed by atoms with Crippen molar-refractivity contribution in [3.8, 4) is 0 Å². The van der Waals surface area contributed by atoms with Gasteiger partial charge in [-0.3, -0.25) is 9.59 Å². The molecule has 0 spiro atoms. The van der Waals surface area contributed by atoms with E-state index in [1.807, 2.05) is 0 Å². The third kappa shape index (κ3) is 3.16. The van der Waals surface area contributed by atoms with Gasteiger partial charge in [0.1, 0.15) is 16.8 Å². The van der Waals surface area contributed by atoms with Gasteiger partial charge in [-0.05, 0) is 6.92 Å². The summed E-state index contributed by atoms with van der Waals surface area (Å²) in [5.74, 6) is 0.322. The van der Waals surface area contributed by atoms with Crippen LogP contribution >= 0.6 is 11.6 Å². The fourth-order valence-corrected chi connectivity index (χ4v) is 1.35. The van der Waals surface area contributed by atoms with E-state index in [4.69, 9.17) is 17.3 Å². The molecule has 0 aliphatic heterocycles. The Morgan fingerprint density at radius 2 is 2.25 bits per heavy atom. The van der Waals surface area contributed by atoms with Crippen molar-refractivity contribution >= 4 is 29.6 Å². The second kappa shape index (κ2) is 5.41. The Bertz CT molecular complexity index is 422. The van der Waals surface area contributed by atoms with Gasteiger partial charge in [-0.1, -0.05) is 11.6 Å². The van der Waals surface area contributed by atoms with Crippen LogP contribution in [0.4, 0.5) is 5.82 Å². The Kier molecular flexibility index (Phi) is 4.19. The maximum Gasteiger partial charge on any atom is 0.219 e. The molecule has 0 aliphatic rings. The van der Waals surface area contributed by atoms with Gasteiger partial charge in [0.2, 0.25) is 5.91 Å². The number of amides is 1. The minimum absolute atomic E-state index is 0.0871. The fourth-order valence-electron chi connectivity index (χ4n) is 1.09. The molecule has 0 saturated heterocycles. The van der Waals surface area contributed by atoms with Crippen molar-refractivity contribution in [2.24, 2.45) is 5.73 Å². The quantitative estimate of drug-likeness (QED) is 0.580. The number of hydrogen-bond donors (Lipinski definition) is 2. The van der Waals surface area contributed by atoms with Crippen LogP contribution < -0.4 is 11.1 Å². The lowest BCUT2D eigenvalue weighted by Gasteiger charge is -2.08. The SMILES string of the molecule is Cc1nc(Cl)c(C=O)c(NCCC(N)=O)n1. The number of carbonyl (C=O) groups excluding carboxylic acids is 2. The van der Waals surface area contributed by atoms with Gasteiger partial charge in [-0.25, -0.2) is 9.97 Å². The topological polar surface area (TPSA) is 98.0 Å². The van der Waals surface area contributed by atoms with Crippen molar-refractivity contribution in [1.29, 1.82) is 0 Å². The first-order chi connectivity index (χ1) is 7.54. The number of primary amides is 1. The van der Waals surface area contributed by atoms with Crippen LogP contribution in [-0.4, -0.2) is 28.7 Å². The summed E-state index contributed by atoms with van der Waals surface area (Å²) in [4.78, 5) is 29.1. The van der Waals surface area contributed by atoms with Crippen LogP contribution in [0.1, 0.15) is 22.6 Å². The van der Waals surface area contributed by atoms with Crippen LogP contribution in [0.5, 0.6) is 0 Å². The predicted molar refractivity (Wildman–Crippen MR) is 59.5 cm³/mol. The average Bonchev–Trinajstić information content (AvgIpc) is 2.16. The molecule has 0 radical (unpaired) electrons. The van der Waals surface area contributed by atoms with Crippen molar-refractivity contribution in [2.75, 3.05) is 11.9 Å². The lowest BCUT2D eigenvalue weighted by Crippen LogP contribution is -2.17. The highest BCUT2D eigenvalue weighted by Gasteiger charge is 2.10. The van der Waals surface area contributed by atoms with Gasteiger partial charge in [0.15, 0.2) is 6.29 Å². The molecular formula is C9H11ClN4O2. The van der Waals surface area contributed by atoms with E-state index in [1.54, 1.807) is 6.92 Å². The molecule has 6 nitrogen and oxygen atoms in total. The Hall–Kier alpha value is -1.69. The Labute approximate surface area is 97.2 Å². The first-order valence-electron chi connectivity index (χ1n) is 4.56. The molecule has 0 atom stereocenters. The summed E-state index contributed by atoms with van der Waals surface area (Å²) < 4.78 is 0. The number of rotatable bonds is 5. The van der Waals surface area contributed by atoms with Crippen LogP contribution in [0, 0.1) is 6.92 Å². The summed E-state index contributed by atoms with van der Waals surface area (Å²) in [5.41, 5.74) is 5.16. The van der Waals surface area contributed by atoms with Gasteiger partial charge in [-0.2, -0.15) is 0 Å². The maximum atomic E-state index is 10.8. The smallest absolute Gasteiger partial charge is 0.219 e. The summed E-state index contributed by atoms with van der Waals surface area (Å²) in [5, 5.41) is 2.90. The zero-order chi connectivity index (χ0) is 12.1. The highest BCUT2D eigenvalue weighted by atomic mass is 35.5. The summed E-state index contributed by atoms with van der Waals surface area (Å²) in [7, 11) is 0. The molecule has 7 heteroatoms. The van der Waals surface area contributed by atoms with Crippen molar-refractivity contribution < 1.29 is 9.59 Å². The molecule has 0 bridgehead atoms. The third-order valence-corrected chi connectivity index (χ3v) is 2.08. The van der Waals surface area contributed by atoms with Crippen molar-refractivity contribution in [1.82, 2.24) is 9.97 Å². The van der Waals surface area contributed by atoms with E-state index in [-0.39, 0.29) is 17.1 Å². The highest BCUT2D eigenvalue weighted by molar-refractivity contribution is 6.32. The van der Waals surface area contributed by atoms with Crippen molar-refractivity contribution in [2.45, 2.75) is 13.3 Å². The molecule has 0 unspecified atom stereocenters. The maximum absolute atomic E-state index is 10.8. The second-order valence-corrected chi connectivity index (χ2v) is 3.44. The number of nitrogens with two attached hydrogens (primary N) is 1. The Morgan fingerprint density at radius 3 is 2.81 bits per heavy atom. The molecule has 0 fully saturated rings. The predicted octanol–water partition coefficient (Wildman–Crippen LogP) is 0.538. The van der Waals surface area contributed by atoms with Crippen LogP contribution in [0.2, 0.25) is 5.15 Å². The van der Waals surface area contributed by atoms with Crippen LogP contribution in [0.3, 0.4) is 0 Å². The second-order valence-electron chi connectivity index (χ2n) is 3.08. The minimum atomic E-state index is -0.433. The zero-order valence-corrected chi connectivity index (χ0v) is 9.41. The lowest BCUT2D eigenvalue weighted by atomic mass is 10.3. The number of nitrogens with zero attached hydrogens (tertiary/aromatic N) is 2. The van der Waals surface area contributed by atoms with E-state index in [0.717, 1.165) is 0 Å². The van der Waals surface area contributed by atoms with Gasteiger partial charge in [-0.15, -0.1) is 0 Å². The van der Waals surface area contributed by atoms with Crippen LogP contribution in [0.15, 0.2) is 0 Å². The summed E-state index contributed by atoms with van der Waals surface area (Å²) in [6.07, 6.45) is 0.716. The zero-order valence-electron chi connectivity index (χ0n) is 8.66. The largest absolute Gasteiger partial charge is 0.370 e. The molecule has 0 saturated carbocycles. The normalized spacial score (nSPS) is 9.88. The van der Waals surface area contributed by atoms with Gasteiger partial charge in [0.25, 0.3) is 0 Å². The molecule has 1 aromatic rings. The molecule has 1 heterocycles. The van der Waals surface area contributed by atoms with Gasteiger partial charge in [0, 0.05) is 13.0 Å². The first kappa shape index (κ1) is 12.4. The number of carbonyl (C=O) groups is 2. The highest BCUT2D eigenvalue weighted by Crippen LogP contribution is 2.18. The van der Waals surface area contributed by atoms with E-state index in [0.29, 0.717) is 24.5 Å². The first-order valence-corrected chi connectivity index (χ1v) is 4.94. The fraction of sp³-hybridized carbons (Fsp3) is 0.333. The summed E-state index contributed by atoms with van der Waals surface area (Å²) in [6.45, 7) is 1.95. The number of anilines is 1. The lowest BCUT2D eigenvalue weighted by molar-refractivity contribution is -0.117. The molecule has 1 aromatic heterocycles. The number of nitrogens with one attached hydrogen (secondary N) is 1. The van der Waals surface area contributed by atoms with Gasteiger partial charge >= 0.3 is 0 Å². The average molecular weight is 243 g/mol. The molecular weight excluding hydrogens is 232 g/mol. The van der Waals surface area contributed by atoms with E-state index in [9.17, 15) is 9.59 Å². The van der Waals surface area contributed by atoms with Gasteiger partial charge < -0.3 is 11.1 Å². The standard InChI is InChI=1S/C9H11ClN4O2/c1-5-13-8(10)6(4-15)9(14-5)12-3-2-7(11)16/h4H,2-3H2,1H3,(H2,11,16)(H,12,13,14). The molecule has 1 amide bonds. The van der Waals surface area contributed by atoms with Crippen LogP contribution in [0.25, 0.3) is 0 Å². The van der Waals surface area contributed by atoms with E-state index >= 15 is 0 Å². The van der Waals surface area contributed by atoms with Gasteiger partial charge in [0.05, 0.1) is 5.56 Å². The minimum Gasteiger partial charge on any atom is -0.370 e. The number of aromatic nitrogens is 2. The van der Waals surface area contributed by atoms with E-state index in [1.165, 1.54) is 0 Å². The molecule has 0 aromatic carbocycles. The van der Waals surface area contributed by atoms with Crippen molar-refractivity contribution in [3.63, 3.8) is 0 Å². The third-order valence-electron chi connectivity index (χ3n) is 1.79. The van der Waals surface area contributed by atoms with Crippen molar-refractivity contribution in [3.05, 3.63) is 16.5 Å². The number of aldehydes is 1. The van der Waals surface area contributed by atoms with E-state index in [2.05, 4.69) is 15.3 Å². The molecule has 1 rings (SSSR count). The van der Waals surface area contributed by atoms with Crippen LogP contribution in [-0.2, 0) is 4.79 Å². The summed E-state index contributed by atoms with van der Waals surface area (Å²) >= 11 is 5.76. The van der Waals surface area contributed by atoms with E-state index < -0.39 is 5.91 Å². The Balaban J connectivity index is 2.85. The molecule has 0 aliphatic carbocycles. The summed E-state index contributed by atoms with van der Waals surface area (Å²) in [6, 6.07) is 0.